The van der Waals surface area contributed by atoms with Gasteiger partial charge in [0, 0.05) is 18.8 Å². The molecule has 0 unspecified atom stereocenters. The lowest BCUT2D eigenvalue weighted by molar-refractivity contribution is 0.404. The summed E-state index contributed by atoms with van der Waals surface area (Å²) in [6.07, 6.45) is 0. The van der Waals surface area contributed by atoms with Crippen molar-refractivity contribution in [3.63, 3.8) is 0 Å². The number of aromatic amines is 1. The Morgan fingerprint density at radius 3 is 2.89 bits per heavy atom. The largest absolute Gasteiger partial charge is 0.407 e. The van der Waals surface area contributed by atoms with Crippen LogP contribution in [0.5, 0.6) is 11.9 Å². The number of rotatable bonds is 2. The summed E-state index contributed by atoms with van der Waals surface area (Å²) in [6, 6.07) is 7.76. The molecule has 2 heterocycles. The third kappa shape index (κ3) is 1.77. The van der Waals surface area contributed by atoms with Gasteiger partial charge in [-0.25, -0.2) is 4.68 Å². The van der Waals surface area contributed by atoms with Crippen LogP contribution in [0.4, 0.5) is 5.69 Å². The summed E-state index contributed by atoms with van der Waals surface area (Å²) in [4.78, 5) is 7.39. The third-order valence-electron chi connectivity index (χ3n) is 2.64. The molecule has 0 aliphatic rings. The van der Waals surface area contributed by atoms with Gasteiger partial charge < -0.3 is 15.5 Å². The second-order valence-corrected chi connectivity index (χ2v) is 4.17. The monoisotopic (exact) mass is 243 g/mol. The highest BCUT2D eigenvalue weighted by molar-refractivity contribution is 5.79. The number of nitrogens with one attached hydrogen (secondary N) is 1. The first-order valence-electron chi connectivity index (χ1n) is 5.55. The number of nitrogen functional groups attached to an aromatic ring is 1. The van der Waals surface area contributed by atoms with Gasteiger partial charge in [-0.3, -0.25) is 0 Å². The van der Waals surface area contributed by atoms with Gasteiger partial charge in [0.15, 0.2) is 0 Å². The zero-order chi connectivity index (χ0) is 12.7. The fraction of sp³-hybridized carbons (Fsp3) is 0.167. The molecular weight excluding hydrogens is 230 g/mol. The van der Waals surface area contributed by atoms with E-state index in [1.54, 1.807) is 10.7 Å². The number of aromatic nitrogens is 4. The van der Waals surface area contributed by atoms with E-state index in [4.69, 9.17) is 10.5 Å². The minimum absolute atomic E-state index is 0.429. The van der Waals surface area contributed by atoms with Crippen LogP contribution in [0.25, 0.3) is 11.0 Å². The van der Waals surface area contributed by atoms with E-state index in [2.05, 4.69) is 15.1 Å². The summed E-state index contributed by atoms with van der Waals surface area (Å²) in [5, 5.41) is 4.21. The van der Waals surface area contributed by atoms with Crippen LogP contribution in [0.1, 0.15) is 5.69 Å². The minimum Gasteiger partial charge on any atom is -0.407 e. The summed E-state index contributed by atoms with van der Waals surface area (Å²) < 4.78 is 7.31. The van der Waals surface area contributed by atoms with Gasteiger partial charge in [0.1, 0.15) is 0 Å². The Balaban J connectivity index is 1.97. The first kappa shape index (κ1) is 10.6. The van der Waals surface area contributed by atoms with E-state index < -0.39 is 0 Å². The van der Waals surface area contributed by atoms with Crippen molar-refractivity contribution in [1.29, 1.82) is 0 Å². The van der Waals surface area contributed by atoms with Crippen LogP contribution >= 0.6 is 0 Å². The number of anilines is 1. The van der Waals surface area contributed by atoms with Crippen molar-refractivity contribution < 1.29 is 4.74 Å². The van der Waals surface area contributed by atoms with Gasteiger partial charge in [-0.2, -0.15) is 10.1 Å². The van der Waals surface area contributed by atoms with Crippen LogP contribution in [0, 0.1) is 6.92 Å². The highest BCUT2D eigenvalue weighted by Crippen LogP contribution is 2.23. The number of nitrogens with zero attached hydrogens (tertiary/aromatic N) is 3. The summed E-state index contributed by atoms with van der Waals surface area (Å²) in [5.41, 5.74) is 8.96. The van der Waals surface area contributed by atoms with Crippen molar-refractivity contribution in [2.75, 3.05) is 5.73 Å². The number of hydrogen-bond acceptors (Lipinski definition) is 4. The highest BCUT2D eigenvalue weighted by atomic mass is 16.5. The van der Waals surface area contributed by atoms with E-state index in [9.17, 15) is 0 Å². The zero-order valence-corrected chi connectivity index (χ0v) is 10.1. The van der Waals surface area contributed by atoms with Crippen LogP contribution in [0.15, 0.2) is 24.3 Å². The first-order valence-corrected chi connectivity index (χ1v) is 5.55. The second-order valence-electron chi connectivity index (χ2n) is 4.17. The molecule has 0 fully saturated rings. The second kappa shape index (κ2) is 3.76. The molecule has 0 bridgehead atoms. The van der Waals surface area contributed by atoms with Gasteiger partial charge in [0.05, 0.1) is 16.7 Å². The molecule has 0 saturated heterocycles. The lowest BCUT2D eigenvalue weighted by Gasteiger charge is -2.00. The Morgan fingerprint density at radius 1 is 1.33 bits per heavy atom. The van der Waals surface area contributed by atoms with E-state index in [1.807, 2.05) is 32.2 Å². The van der Waals surface area contributed by atoms with Crippen molar-refractivity contribution >= 4 is 16.7 Å². The summed E-state index contributed by atoms with van der Waals surface area (Å²) in [7, 11) is 1.82. The normalized spacial score (nSPS) is 11.0. The number of hydrogen-bond donors (Lipinski definition) is 2. The maximum atomic E-state index is 5.71. The minimum atomic E-state index is 0.429. The SMILES string of the molecule is Cc1cc(Oc2nc3ccc(N)cc3[nH]2)n(C)n1. The number of aryl methyl sites for hydroxylation is 2. The Labute approximate surface area is 103 Å². The van der Waals surface area contributed by atoms with Gasteiger partial charge >= 0.3 is 6.01 Å². The Bertz CT molecular complexity index is 712. The number of ether oxygens (including phenoxy) is 1. The number of fused-ring (bicyclic) bond motifs is 1. The van der Waals surface area contributed by atoms with Gasteiger partial charge in [0.2, 0.25) is 5.88 Å². The molecule has 1 aromatic carbocycles. The fourth-order valence-corrected chi connectivity index (χ4v) is 1.83. The van der Waals surface area contributed by atoms with Crippen molar-refractivity contribution in [2.45, 2.75) is 6.92 Å². The van der Waals surface area contributed by atoms with E-state index in [-0.39, 0.29) is 0 Å². The van der Waals surface area contributed by atoms with E-state index >= 15 is 0 Å². The molecule has 0 aliphatic carbocycles. The van der Waals surface area contributed by atoms with Gasteiger partial charge in [0.25, 0.3) is 0 Å². The van der Waals surface area contributed by atoms with E-state index in [0.717, 1.165) is 16.7 Å². The summed E-state index contributed by atoms with van der Waals surface area (Å²) in [6.45, 7) is 1.91. The predicted molar refractivity (Wildman–Crippen MR) is 68.5 cm³/mol. The lowest BCUT2D eigenvalue weighted by Crippen LogP contribution is -1.95. The predicted octanol–water partition coefficient (Wildman–Crippen LogP) is 1.98. The highest BCUT2D eigenvalue weighted by Gasteiger charge is 2.08. The fourth-order valence-electron chi connectivity index (χ4n) is 1.83. The average molecular weight is 243 g/mol. The Hall–Kier alpha value is -2.50. The average Bonchev–Trinajstić information content (AvgIpc) is 2.82. The van der Waals surface area contributed by atoms with Gasteiger partial charge in [-0.05, 0) is 25.1 Å². The van der Waals surface area contributed by atoms with Crippen LogP contribution < -0.4 is 10.5 Å². The van der Waals surface area contributed by atoms with Crippen LogP contribution in [0.3, 0.4) is 0 Å². The smallest absolute Gasteiger partial charge is 0.301 e. The number of nitrogens with two attached hydrogens (primary N) is 1. The number of imidazole rings is 1. The Morgan fingerprint density at radius 2 is 2.17 bits per heavy atom. The molecule has 3 N–H and O–H groups in total. The lowest BCUT2D eigenvalue weighted by atomic mass is 10.3. The molecule has 0 radical (unpaired) electrons. The number of H-pyrrole nitrogens is 1. The molecule has 6 nitrogen and oxygen atoms in total. The third-order valence-corrected chi connectivity index (χ3v) is 2.64. The molecule has 18 heavy (non-hydrogen) atoms. The Kier molecular flexibility index (Phi) is 2.22. The van der Waals surface area contributed by atoms with Crippen molar-refractivity contribution in [2.24, 2.45) is 7.05 Å². The standard InChI is InChI=1S/C12H13N5O/c1-7-5-11(17(2)16-7)18-12-14-9-4-3-8(13)6-10(9)15-12/h3-6H,13H2,1-2H3,(H,14,15). The maximum Gasteiger partial charge on any atom is 0.301 e. The van der Waals surface area contributed by atoms with Crippen molar-refractivity contribution in [1.82, 2.24) is 19.7 Å². The molecule has 0 amide bonds. The summed E-state index contributed by atoms with van der Waals surface area (Å²) in [5.74, 6) is 0.638. The summed E-state index contributed by atoms with van der Waals surface area (Å²) >= 11 is 0. The zero-order valence-electron chi connectivity index (χ0n) is 10.1. The van der Waals surface area contributed by atoms with Crippen molar-refractivity contribution in [3.05, 3.63) is 30.0 Å². The quantitative estimate of drug-likeness (QED) is 0.674. The molecule has 0 atom stereocenters. The van der Waals surface area contributed by atoms with E-state index in [0.29, 0.717) is 17.6 Å². The van der Waals surface area contributed by atoms with Gasteiger partial charge in [-0.15, -0.1) is 0 Å². The van der Waals surface area contributed by atoms with Crippen molar-refractivity contribution in [3.8, 4) is 11.9 Å². The molecule has 0 aliphatic heterocycles. The molecule has 3 rings (SSSR count). The maximum absolute atomic E-state index is 5.71. The number of benzene rings is 1. The van der Waals surface area contributed by atoms with Crippen LogP contribution in [0.2, 0.25) is 0 Å². The molecule has 2 aromatic heterocycles. The topological polar surface area (TPSA) is 81.8 Å². The molecule has 0 saturated carbocycles. The van der Waals surface area contributed by atoms with Crippen LogP contribution in [-0.2, 0) is 7.05 Å². The molecular formula is C12H13N5O. The van der Waals surface area contributed by atoms with Crippen LogP contribution in [-0.4, -0.2) is 19.7 Å². The molecule has 3 aromatic rings. The molecule has 6 heteroatoms. The molecule has 0 spiro atoms. The van der Waals surface area contributed by atoms with Gasteiger partial charge in [-0.1, -0.05) is 0 Å². The van der Waals surface area contributed by atoms with E-state index in [1.165, 1.54) is 0 Å². The first-order chi connectivity index (χ1) is 8.61. The molecule has 92 valence electrons.